The highest BCUT2D eigenvalue weighted by molar-refractivity contribution is 7.89. The van der Waals surface area contributed by atoms with Crippen LogP contribution in [0.5, 0.6) is 0 Å². The molecule has 0 bridgehead atoms. The average molecular weight is 383 g/mol. The number of carbonyl (C=O) groups is 1. The molecule has 7 heteroatoms. The molecule has 1 fully saturated rings. The van der Waals surface area contributed by atoms with Gasteiger partial charge in [0.1, 0.15) is 0 Å². The summed E-state index contributed by atoms with van der Waals surface area (Å²) in [6.45, 7) is 6.01. The van der Waals surface area contributed by atoms with Crippen molar-refractivity contribution in [2.45, 2.75) is 63.5 Å². The van der Waals surface area contributed by atoms with Gasteiger partial charge in [0.15, 0.2) is 0 Å². The zero-order valence-corrected chi connectivity index (χ0v) is 16.8. The molecule has 1 amide bonds. The molecule has 6 nitrogen and oxygen atoms in total. The molecule has 146 valence electrons. The smallest absolute Gasteiger partial charge is 0.251 e. The van der Waals surface area contributed by atoms with Crippen molar-refractivity contribution in [2.75, 3.05) is 13.6 Å². The minimum absolute atomic E-state index is 0.148. The molecule has 0 heterocycles. The molecular formula is C19H30N2O4S. The Morgan fingerprint density at radius 1 is 1.31 bits per heavy atom. The Hall–Kier alpha value is -1.44. The minimum Gasteiger partial charge on any atom is -0.392 e. The van der Waals surface area contributed by atoms with Gasteiger partial charge in [0, 0.05) is 30.6 Å². The van der Waals surface area contributed by atoms with Crippen LogP contribution in [0, 0.1) is 5.41 Å². The van der Waals surface area contributed by atoms with Crippen LogP contribution >= 0.6 is 0 Å². The average Bonchev–Trinajstić information content (AvgIpc) is 2.61. The SMILES string of the molecule is CC(C)N(C)S(=O)(=O)c1ccc(C(=O)NC[C@@]2(C)CCCC[C@H]2O)cc1. The fourth-order valence-corrected chi connectivity index (χ4v) is 4.56. The third-order valence-corrected chi connectivity index (χ3v) is 7.50. The van der Waals surface area contributed by atoms with Crippen molar-refractivity contribution in [3.05, 3.63) is 29.8 Å². The number of amides is 1. The summed E-state index contributed by atoms with van der Waals surface area (Å²) in [5, 5.41) is 13.1. The van der Waals surface area contributed by atoms with Crippen molar-refractivity contribution in [1.29, 1.82) is 0 Å². The second-order valence-electron chi connectivity index (χ2n) is 7.74. The normalized spacial score (nSPS) is 24.0. The first-order chi connectivity index (χ1) is 12.1. The van der Waals surface area contributed by atoms with Crippen LogP contribution in [0.1, 0.15) is 56.8 Å². The van der Waals surface area contributed by atoms with Crippen LogP contribution < -0.4 is 5.32 Å². The number of hydrogen-bond acceptors (Lipinski definition) is 4. The summed E-state index contributed by atoms with van der Waals surface area (Å²) >= 11 is 0. The fourth-order valence-electron chi connectivity index (χ4n) is 3.19. The Morgan fingerprint density at radius 3 is 2.46 bits per heavy atom. The van der Waals surface area contributed by atoms with E-state index in [1.165, 1.54) is 35.6 Å². The topological polar surface area (TPSA) is 86.7 Å². The Balaban J connectivity index is 2.05. The van der Waals surface area contributed by atoms with Crippen LogP contribution in [0.4, 0.5) is 0 Å². The van der Waals surface area contributed by atoms with Gasteiger partial charge in [-0.1, -0.05) is 19.8 Å². The van der Waals surface area contributed by atoms with Gasteiger partial charge >= 0.3 is 0 Å². The molecule has 0 spiro atoms. The second-order valence-corrected chi connectivity index (χ2v) is 9.74. The predicted octanol–water partition coefficient (Wildman–Crippen LogP) is 2.39. The van der Waals surface area contributed by atoms with E-state index in [0.717, 1.165) is 25.7 Å². The monoisotopic (exact) mass is 382 g/mol. The Bertz CT molecular complexity index is 730. The molecule has 2 N–H and O–H groups in total. The third kappa shape index (κ3) is 4.45. The number of benzene rings is 1. The van der Waals surface area contributed by atoms with Gasteiger partial charge in [-0.3, -0.25) is 4.79 Å². The molecule has 0 aromatic heterocycles. The largest absolute Gasteiger partial charge is 0.392 e. The summed E-state index contributed by atoms with van der Waals surface area (Å²) in [7, 11) is -2.02. The highest BCUT2D eigenvalue weighted by Crippen LogP contribution is 2.35. The first-order valence-electron chi connectivity index (χ1n) is 9.12. The number of rotatable bonds is 6. The Morgan fingerprint density at radius 2 is 1.92 bits per heavy atom. The number of aliphatic hydroxyl groups excluding tert-OH is 1. The van der Waals surface area contributed by atoms with Crippen molar-refractivity contribution in [3.8, 4) is 0 Å². The molecule has 1 aliphatic rings. The van der Waals surface area contributed by atoms with Crippen LogP contribution in [0.25, 0.3) is 0 Å². The molecule has 1 aliphatic carbocycles. The maximum atomic E-state index is 12.5. The number of sulfonamides is 1. The zero-order valence-electron chi connectivity index (χ0n) is 16.0. The van der Waals surface area contributed by atoms with E-state index in [9.17, 15) is 18.3 Å². The lowest BCUT2D eigenvalue weighted by Crippen LogP contribution is -2.45. The highest BCUT2D eigenvalue weighted by Gasteiger charge is 2.35. The molecule has 0 saturated heterocycles. The van der Waals surface area contributed by atoms with E-state index in [0.29, 0.717) is 12.1 Å². The number of nitrogens with one attached hydrogen (secondary N) is 1. The zero-order chi connectivity index (χ0) is 19.5. The minimum atomic E-state index is -3.56. The van der Waals surface area contributed by atoms with E-state index >= 15 is 0 Å². The highest BCUT2D eigenvalue weighted by atomic mass is 32.2. The van der Waals surface area contributed by atoms with Gasteiger partial charge in [0.25, 0.3) is 5.91 Å². The summed E-state index contributed by atoms with van der Waals surface area (Å²) < 4.78 is 26.2. The maximum Gasteiger partial charge on any atom is 0.251 e. The van der Waals surface area contributed by atoms with Gasteiger partial charge in [-0.25, -0.2) is 8.42 Å². The molecule has 1 aromatic carbocycles. The summed E-state index contributed by atoms with van der Waals surface area (Å²) in [6.07, 6.45) is 3.32. The molecule has 0 unspecified atom stereocenters. The lowest BCUT2D eigenvalue weighted by atomic mass is 9.73. The van der Waals surface area contributed by atoms with E-state index in [1.54, 1.807) is 13.8 Å². The fraction of sp³-hybridized carbons (Fsp3) is 0.632. The van der Waals surface area contributed by atoms with Crippen molar-refractivity contribution >= 4 is 15.9 Å². The van der Waals surface area contributed by atoms with E-state index in [4.69, 9.17) is 0 Å². The van der Waals surface area contributed by atoms with Crippen LogP contribution in [-0.4, -0.2) is 49.5 Å². The van der Waals surface area contributed by atoms with E-state index in [-0.39, 0.29) is 22.3 Å². The lowest BCUT2D eigenvalue weighted by Gasteiger charge is -2.38. The summed E-state index contributed by atoms with van der Waals surface area (Å²) in [5.74, 6) is -0.259. The summed E-state index contributed by atoms with van der Waals surface area (Å²) in [6, 6.07) is 5.82. The second kappa shape index (κ2) is 8.06. The molecule has 2 rings (SSSR count). The van der Waals surface area contributed by atoms with E-state index in [1.807, 2.05) is 6.92 Å². The quantitative estimate of drug-likeness (QED) is 0.791. The van der Waals surface area contributed by atoms with E-state index < -0.39 is 16.1 Å². The lowest BCUT2D eigenvalue weighted by molar-refractivity contribution is 0.00190. The van der Waals surface area contributed by atoms with Gasteiger partial charge < -0.3 is 10.4 Å². The number of carbonyl (C=O) groups excluding carboxylic acids is 1. The van der Waals surface area contributed by atoms with Gasteiger partial charge in [-0.15, -0.1) is 0 Å². The van der Waals surface area contributed by atoms with Crippen LogP contribution in [0.15, 0.2) is 29.2 Å². The summed E-state index contributed by atoms with van der Waals surface area (Å²) in [4.78, 5) is 12.6. The molecule has 1 aromatic rings. The summed E-state index contributed by atoms with van der Waals surface area (Å²) in [5.41, 5.74) is 0.0991. The van der Waals surface area contributed by atoms with Crippen molar-refractivity contribution in [1.82, 2.24) is 9.62 Å². The first-order valence-corrected chi connectivity index (χ1v) is 10.6. The number of hydrogen-bond donors (Lipinski definition) is 2. The molecule has 0 radical (unpaired) electrons. The molecular weight excluding hydrogens is 352 g/mol. The standard InChI is InChI=1S/C19H30N2O4S/c1-14(2)21(4)26(24,25)16-10-8-15(9-11-16)18(23)20-13-19(3)12-6-5-7-17(19)22/h8-11,14,17,22H,5-7,12-13H2,1-4H3,(H,20,23)/t17-,19-/m1/s1. The van der Waals surface area contributed by atoms with Crippen LogP contribution in [0.3, 0.4) is 0 Å². The van der Waals surface area contributed by atoms with Gasteiger partial charge in [0.05, 0.1) is 11.0 Å². The van der Waals surface area contributed by atoms with Gasteiger partial charge in [-0.2, -0.15) is 4.31 Å². The third-order valence-electron chi connectivity index (χ3n) is 5.45. The maximum absolute atomic E-state index is 12.5. The molecule has 26 heavy (non-hydrogen) atoms. The van der Waals surface area contributed by atoms with Crippen LogP contribution in [-0.2, 0) is 10.0 Å². The Kier molecular flexibility index (Phi) is 6.47. The molecule has 2 atom stereocenters. The van der Waals surface area contributed by atoms with Crippen LogP contribution in [0.2, 0.25) is 0 Å². The van der Waals surface area contributed by atoms with Crippen molar-refractivity contribution in [2.24, 2.45) is 5.41 Å². The molecule has 0 aliphatic heterocycles. The first kappa shape index (κ1) is 20.9. The number of nitrogens with zero attached hydrogens (tertiary/aromatic N) is 1. The van der Waals surface area contributed by atoms with Gasteiger partial charge in [-0.05, 0) is 51.0 Å². The predicted molar refractivity (Wildman–Crippen MR) is 101 cm³/mol. The number of aliphatic hydroxyl groups is 1. The Labute approximate surface area is 156 Å². The van der Waals surface area contributed by atoms with Gasteiger partial charge in [0.2, 0.25) is 10.0 Å². The molecule has 1 saturated carbocycles. The van der Waals surface area contributed by atoms with Crippen molar-refractivity contribution in [3.63, 3.8) is 0 Å². The van der Waals surface area contributed by atoms with E-state index in [2.05, 4.69) is 5.32 Å². The van der Waals surface area contributed by atoms with Crippen molar-refractivity contribution < 1.29 is 18.3 Å².